The van der Waals surface area contributed by atoms with Crippen LogP contribution in [0, 0.1) is 23.6 Å². The van der Waals surface area contributed by atoms with Crippen molar-refractivity contribution >= 4 is 23.4 Å². The number of nitrogens with one attached hydrogen (secondary N) is 1. The zero-order valence-corrected chi connectivity index (χ0v) is 16.1. The Morgan fingerprint density at radius 3 is 2.57 bits per heavy atom. The molecule has 1 N–H and O–H groups in total. The van der Waals surface area contributed by atoms with Gasteiger partial charge in [0.05, 0.1) is 6.20 Å². The van der Waals surface area contributed by atoms with Gasteiger partial charge < -0.3 is 15.1 Å². The number of hydrogen-bond acceptors (Lipinski definition) is 4. The van der Waals surface area contributed by atoms with Crippen LogP contribution >= 0.6 is 11.6 Å². The number of fused-ring (bicyclic) bond motifs is 2. The zero-order chi connectivity index (χ0) is 19.3. The summed E-state index contributed by atoms with van der Waals surface area (Å²) >= 11 is 5.79. The van der Waals surface area contributed by atoms with Gasteiger partial charge in [0.2, 0.25) is 5.28 Å². The third kappa shape index (κ3) is 3.17. The van der Waals surface area contributed by atoms with Gasteiger partial charge >= 0.3 is 6.03 Å². The second kappa shape index (κ2) is 6.88. The van der Waals surface area contributed by atoms with Gasteiger partial charge in [-0.25, -0.2) is 14.2 Å². The first-order chi connectivity index (χ1) is 13.6. The molecule has 2 aromatic rings. The predicted octanol–water partition coefficient (Wildman–Crippen LogP) is 3.07. The third-order valence-electron chi connectivity index (χ3n) is 6.25. The summed E-state index contributed by atoms with van der Waals surface area (Å²) in [5.74, 6) is 1.55. The lowest BCUT2D eigenvalue weighted by molar-refractivity contribution is 0.198. The highest BCUT2D eigenvalue weighted by molar-refractivity contribution is 6.28. The van der Waals surface area contributed by atoms with Crippen molar-refractivity contribution in [2.75, 3.05) is 24.5 Å². The van der Waals surface area contributed by atoms with E-state index >= 15 is 0 Å². The molecule has 2 amide bonds. The van der Waals surface area contributed by atoms with Gasteiger partial charge in [0.1, 0.15) is 0 Å². The van der Waals surface area contributed by atoms with E-state index < -0.39 is 5.82 Å². The van der Waals surface area contributed by atoms with Gasteiger partial charge in [-0.3, -0.25) is 0 Å². The van der Waals surface area contributed by atoms with Crippen molar-refractivity contribution in [2.45, 2.75) is 19.5 Å². The molecule has 3 heterocycles. The maximum absolute atomic E-state index is 13.9. The molecule has 1 saturated carbocycles. The molecular formula is C20H21ClFN5O. The number of halogens is 2. The fourth-order valence-corrected chi connectivity index (χ4v) is 4.87. The summed E-state index contributed by atoms with van der Waals surface area (Å²) in [6.07, 6.45) is 2.08. The van der Waals surface area contributed by atoms with Crippen molar-refractivity contribution in [3.05, 3.63) is 52.7 Å². The summed E-state index contributed by atoms with van der Waals surface area (Å²) in [4.78, 5) is 23.9. The van der Waals surface area contributed by atoms with Crippen LogP contribution in [0.1, 0.15) is 17.5 Å². The van der Waals surface area contributed by atoms with Crippen LogP contribution in [-0.2, 0) is 13.1 Å². The van der Waals surface area contributed by atoms with Crippen LogP contribution in [0.25, 0.3) is 0 Å². The van der Waals surface area contributed by atoms with Crippen molar-refractivity contribution < 1.29 is 9.18 Å². The Morgan fingerprint density at radius 2 is 1.89 bits per heavy atom. The largest absolute Gasteiger partial charge is 0.353 e. The molecule has 2 aliphatic heterocycles. The quantitative estimate of drug-likeness (QED) is 0.800. The first kappa shape index (κ1) is 17.7. The van der Waals surface area contributed by atoms with Gasteiger partial charge in [0.15, 0.2) is 11.6 Å². The molecule has 6 nitrogen and oxygen atoms in total. The minimum Gasteiger partial charge on any atom is -0.353 e. The SMILES string of the molecule is O=C(NCCC1C2CN(c3nc(Cl)ncc3F)C[C@H]12)N1Cc2ccccc2C1. The number of nitrogens with zero attached hydrogens (tertiary/aromatic N) is 4. The second-order valence-electron chi connectivity index (χ2n) is 7.85. The lowest BCUT2D eigenvalue weighted by Crippen LogP contribution is -2.37. The minimum absolute atomic E-state index is 0.00124. The van der Waals surface area contributed by atoms with E-state index in [1.165, 1.54) is 11.1 Å². The fourth-order valence-electron chi connectivity index (χ4n) is 4.74. The number of benzene rings is 1. The normalized spacial score (nSPS) is 24.9. The first-order valence-electron chi connectivity index (χ1n) is 9.62. The van der Waals surface area contributed by atoms with Crippen LogP contribution in [0.5, 0.6) is 0 Å². The molecule has 146 valence electrons. The number of carbonyl (C=O) groups is 1. The van der Waals surface area contributed by atoms with Crippen molar-refractivity contribution in [2.24, 2.45) is 17.8 Å². The van der Waals surface area contributed by atoms with Crippen LogP contribution in [-0.4, -0.2) is 40.5 Å². The van der Waals surface area contributed by atoms with E-state index in [2.05, 4.69) is 27.4 Å². The van der Waals surface area contributed by atoms with Crippen LogP contribution in [0.2, 0.25) is 5.28 Å². The summed E-state index contributed by atoms with van der Waals surface area (Å²) in [6.45, 7) is 3.61. The molecule has 1 saturated heterocycles. The number of urea groups is 1. The predicted molar refractivity (Wildman–Crippen MR) is 103 cm³/mol. The maximum Gasteiger partial charge on any atom is 0.318 e. The number of carbonyl (C=O) groups excluding carboxylic acids is 1. The molecule has 5 rings (SSSR count). The summed E-state index contributed by atoms with van der Waals surface area (Å²) < 4.78 is 13.9. The molecule has 3 aliphatic rings. The molecule has 2 unspecified atom stereocenters. The van der Waals surface area contributed by atoms with Gasteiger partial charge in [0.25, 0.3) is 0 Å². The summed E-state index contributed by atoms with van der Waals surface area (Å²) in [5.41, 5.74) is 2.46. The van der Waals surface area contributed by atoms with E-state index in [0.29, 0.717) is 43.2 Å². The smallest absolute Gasteiger partial charge is 0.318 e. The highest BCUT2D eigenvalue weighted by atomic mass is 35.5. The number of piperidine rings is 1. The first-order valence-corrected chi connectivity index (χ1v) is 10.0. The van der Waals surface area contributed by atoms with Crippen LogP contribution in [0.4, 0.5) is 15.0 Å². The molecule has 0 bridgehead atoms. The monoisotopic (exact) mass is 401 g/mol. The Labute approximate surface area is 167 Å². The van der Waals surface area contributed by atoms with E-state index in [0.717, 1.165) is 25.7 Å². The molecule has 0 spiro atoms. The molecule has 0 radical (unpaired) electrons. The number of amides is 2. The van der Waals surface area contributed by atoms with Gasteiger partial charge in [-0.2, -0.15) is 4.98 Å². The van der Waals surface area contributed by atoms with E-state index in [1.807, 2.05) is 21.9 Å². The van der Waals surface area contributed by atoms with Crippen molar-refractivity contribution in [3.8, 4) is 0 Å². The van der Waals surface area contributed by atoms with Crippen LogP contribution in [0.3, 0.4) is 0 Å². The summed E-state index contributed by atoms with van der Waals surface area (Å²) in [5, 5.41) is 3.12. The van der Waals surface area contributed by atoms with Gasteiger partial charge in [0, 0.05) is 32.7 Å². The van der Waals surface area contributed by atoms with E-state index in [-0.39, 0.29) is 11.3 Å². The fraction of sp³-hybridized carbons (Fsp3) is 0.450. The van der Waals surface area contributed by atoms with Gasteiger partial charge in [-0.1, -0.05) is 24.3 Å². The van der Waals surface area contributed by atoms with Crippen LogP contribution < -0.4 is 10.2 Å². The van der Waals surface area contributed by atoms with Crippen molar-refractivity contribution in [3.63, 3.8) is 0 Å². The molecule has 3 atom stereocenters. The van der Waals surface area contributed by atoms with Gasteiger partial charge in [-0.15, -0.1) is 0 Å². The third-order valence-corrected chi connectivity index (χ3v) is 6.43. The Kier molecular flexibility index (Phi) is 4.34. The molecule has 1 aromatic heterocycles. The molecule has 28 heavy (non-hydrogen) atoms. The number of aromatic nitrogens is 2. The standard InChI is InChI=1S/C20H21ClFN5O/c21-19-24-7-17(22)18(25-19)26-10-15-14(16(15)11-26)5-6-23-20(28)27-8-12-3-1-2-4-13(12)9-27/h1-4,7,14-16H,5-6,8-11H2,(H,23,28)/t14?,15-,16?/m1/s1. The number of rotatable bonds is 4. The average Bonchev–Trinajstić information content (AvgIpc) is 3.05. The average molecular weight is 402 g/mol. The highest BCUT2D eigenvalue weighted by Crippen LogP contribution is 2.54. The lowest BCUT2D eigenvalue weighted by atomic mass is 10.1. The Hall–Kier alpha value is -2.41. The van der Waals surface area contributed by atoms with Gasteiger partial charge in [-0.05, 0) is 46.9 Å². The topological polar surface area (TPSA) is 61.4 Å². The van der Waals surface area contributed by atoms with Crippen molar-refractivity contribution in [1.29, 1.82) is 0 Å². The van der Waals surface area contributed by atoms with E-state index in [4.69, 9.17) is 11.6 Å². The Morgan fingerprint density at radius 1 is 1.21 bits per heavy atom. The molecule has 2 fully saturated rings. The van der Waals surface area contributed by atoms with Crippen molar-refractivity contribution in [1.82, 2.24) is 20.2 Å². The summed E-state index contributed by atoms with van der Waals surface area (Å²) in [7, 11) is 0. The summed E-state index contributed by atoms with van der Waals surface area (Å²) in [6, 6.07) is 8.18. The highest BCUT2D eigenvalue weighted by Gasteiger charge is 2.55. The molecule has 8 heteroatoms. The van der Waals surface area contributed by atoms with E-state index in [1.54, 1.807) is 0 Å². The van der Waals surface area contributed by atoms with E-state index in [9.17, 15) is 9.18 Å². The molecule has 1 aromatic carbocycles. The Balaban J connectivity index is 1.07. The minimum atomic E-state index is -0.430. The zero-order valence-electron chi connectivity index (χ0n) is 15.3. The maximum atomic E-state index is 13.9. The van der Waals surface area contributed by atoms with Crippen LogP contribution in [0.15, 0.2) is 30.5 Å². The number of anilines is 1. The Bertz CT molecular complexity index is 888. The molecular weight excluding hydrogens is 381 g/mol. The lowest BCUT2D eigenvalue weighted by Gasteiger charge is -2.21. The molecule has 1 aliphatic carbocycles. The number of hydrogen-bond donors (Lipinski definition) is 1. The second-order valence-corrected chi connectivity index (χ2v) is 8.19.